The Morgan fingerprint density at radius 1 is 1.23 bits per heavy atom. The second-order valence-electron chi connectivity index (χ2n) is 4.61. The van der Waals surface area contributed by atoms with E-state index in [1.165, 1.54) is 12.1 Å². The Morgan fingerprint density at radius 2 is 1.95 bits per heavy atom. The molecule has 2 rings (SSSR count). The first-order chi connectivity index (χ1) is 10.5. The van der Waals surface area contributed by atoms with Crippen LogP contribution in [0, 0.1) is 6.92 Å². The minimum atomic E-state index is -1.28. The zero-order valence-electron chi connectivity index (χ0n) is 11.8. The van der Waals surface area contributed by atoms with Gasteiger partial charge in [-0.3, -0.25) is 4.79 Å². The third kappa shape index (κ3) is 3.76. The van der Waals surface area contributed by atoms with Gasteiger partial charge in [0.1, 0.15) is 5.75 Å². The summed E-state index contributed by atoms with van der Waals surface area (Å²) in [5, 5.41) is 22.6. The fourth-order valence-electron chi connectivity index (χ4n) is 1.86. The van der Waals surface area contributed by atoms with Gasteiger partial charge in [-0.1, -0.05) is 30.3 Å². The number of aryl methyl sites for hydroxylation is 1. The molecule has 114 valence electrons. The number of nitrogens with one attached hydrogen (secondary N) is 1. The van der Waals surface area contributed by atoms with E-state index in [0.29, 0.717) is 5.75 Å². The van der Waals surface area contributed by atoms with E-state index in [1.807, 2.05) is 19.1 Å². The summed E-state index contributed by atoms with van der Waals surface area (Å²) in [6.45, 7) is 1.59. The molecule has 0 aliphatic carbocycles. The smallest absolute Gasteiger partial charge is 0.337 e. The molecule has 0 saturated carbocycles. The van der Waals surface area contributed by atoms with Gasteiger partial charge in [0.25, 0.3) is 5.91 Å². The predicted octanol–water partition coefficient (Wildman–Crippen LogP) is 1.78. The Bertz CT molecular complexity index is 711. The minimum absolute atomic E-state index is 0.0606. The molecule has 0 spiro atoms. The van der Waals surface area contributed by atoms with Crippen LogP contribution in [0.5, 0.6) is 11.5 Å². The summed E-state index contributed by atoms with van der Waals surface area (Å²) in [6.07, 6.45) is 0. The van der Waals surface area contributed by atoms with E-state index < -0.39 is 17.6 Å². The van der Waals surface area contributed by atoms with Crippen molar-refractivity contribution in [1.29, 1.82) is 0 Å². The summed E-state index contributed by atoms with van der Waals surface area (Å²) in [6, 6.07) is 10.6. The summed E-state index contributed by atoms with van der Waals surface area (Å²) in [5.41, 5.74) is 0.694. The maximum Gasteiger partial charge on any atom is 0.337 e. The lowest BCUT2D eigenvalue weighted by Crippen LogP contribution is -2.21. The van der Waals surface area contributed by atoms with E-state index in [0.717, 1.165) is 11.6 Å². The number of carbonyl (C=O) groups excluding carboxylic acids is 1. The van der Waals surface area contributed by atoms with Gasteiger partial charge in [-0.2, -0.15) is 0 Å². The monoisotopic (exact) mass is 300 g/mol. The van der Waals surface area contributed by atoms with Crippen LogP contribution in [0.25, 0.3) is 0 Å². The molecule has 0 bridgehead atoms. The molecule has 0 atom stereocenters. The highest BCUT2D eigenvalue weighted by molar-refractivity contribution is 6.01. The Kier molecular flexibility index (Phi) is 4.63. The molecule has 0 saturated heterocycles. The second-order valence-corrected chi connectivity index (χ2v) is 4.61. The predicted molar refractivity (Wildman–Crippen MR) is 78.2 cm³/mol. The van der Waals surface area contributed by atoms with Crippen molar-refractivity contribution in [2.24, 2.45) is 0 Å². The van der Waals surface area contributed by atoms with Gasteiger partial charge < -0.3 is 20.3 Å². The molecule has 6 nitrogen and oxygen atoms in total. The fourth-order valence-corrected chi connectivity index (χ4v) is 1.86. The van der Waals surface area contributed by atoms with Crippen molar-refractivity contribution in [1.82, 2.24) is 0 Å². The number of ether oxygens (including phenoxy) is 1. The highest BCUT2D eigenvalue weighted by Gasteiger charge is 2.12. The van der Waals surface area contributed by atoms with Crippen molar-refractivity contribution < 1.29 is 24.5 Å². The molecule has 22 heavy (non-hydrogen) atoms. The number of carboxylic acid groups (broad SMARTS) is 1. The molecule has 1 amide bonds. The van der Waals surface area contributed by atoms with Gasteiger partial charge in [0.15, 0.2) is 6.61 Å². The van der Waals surface area contributed by atoms with Crippen LogP contribution in [0.15, 0.2) is 42.5 Å². The number of rotatable bonds is 5. The van der Waals surface area contributed by atoms with Crippen LogP contribution < -0.4 is 15.2 Å². The summed E-state index contributed by atoms with van der Waals surface area (Å²) >= 11 is 0. The Hall–Kier alpha value is -3.02. The summed E-state index contributed by atoms with van der Waals surface area (Å²) in [5.74, 6) is -1.66. The maximum absolute atomic E-state index is 11.8. The molecule has 0 aliphatic rings. The average molecular weight is 300 g/mol. The summed E-state index contributed by atoms with van der Waals surface area (Å²) in [7, 11) is 0. The zero-order valence-corrected chi connectivity index (χ0v) is 11.8. The lowest BCUT2D eigenvalue weighted by Gasteiger charge is -2.13. The quantitative estimate of drug-likeness (QED) is 0.877. The zero-order chi connectivity index (χ0) is 16.1. The second kappa shape index (κ2) is 6.62. The van der Waals surface area contributed by atoms with E-state index in [2.05, 4.69) is 5.32 Å². The number of amides is 1. The maximum atomic E-state index is 11.8. The minimum Gasteiger partial charge on any atom is -0.872 e. The fraction of sp³-hybridized carbons (Fsp3) is 0.125. The molecular formula is C16H14NO5-. The number of anilines is 1. The summed E-state index contributed by atoms with van der Waals surface area (Å²) < 4.78 is 5.37. The molecule has 6 heteroatoms. The number of carbonyl (C=O) groups is 2. The lowest BCUT2D eigenvalue weighted by molar-refractivity contribution is -0.268. The van der Waals surface area contributed by atoms with Gasteiger partial charge in [0.2, 0.25) is 0 Å². The first kappa shape index (κ1) is 15.4. The molecular weight excluding hydrogens is 286 g/mol. The number of para-hydroxylation sites is 1. The first-order valence-corrected chi connectivity index (χ1v) is 6.50. The highest BCUT2D eigenvalue weighted by atomic mass is 16.5. The van der Waals surface area contributed by atoms with E-state index >= 15 is 0 Å². The van der Waals surface area contributed by atoms with Gasteiger partial charge in [0.05, 0.1) is 11.3 Å². The number of aromatic carboxylic acids is 1. The number of benzene rings is 2. The van der Waals surface area contributed by atoms with Crippen molar-refractivity contribution in [2.75, 3.05) is 11.9 Å². The third-order valence-electron chi connectivity index (χ3n) is 2.95. The van der Waals surface area contributed by atoms with Crippen molar-refractivity contribution in [3.8, 4) is 11.5 Å². The van der Waals surface area contributed by atoms with Crippen LogP contribution >= 0.6 is 0 Å². The van der Waals surface area contributed by atoms with Crippen LogP contribution in [0.3, 0.4) is 0 Å². The Balaban J connectivity index is 2.04. The van der Waals surface area contributed by atoms with Gasteiger partial charge >= 0.3 is 5.97 Å². The Morgan fingerprint density at radius 3 is 2.64 bits per heavy atom. The first-order valence-electron chi connectivity index (χ1n) is 6.50. The SMILES string of the molecule is Cc1ccccc1OCC(=O)Nc1ccc([O-])cc1C(=O)O. The molecule has 0 fully saturated rings. The topological polar surface area (TPSA) is 98.7 Å². The van der Waals surface area contributed by atoms with Gasteiger partial charge in [-0.25, -0.2) is 4.79 Å². The molecule has 0 aromatic heterocycles. The molecule has 0 aliphatic heterocycles. The van der Waals surface area contributed by atoms with Gasteiger partial charge in [0, 0.05) is 0 Å². The molecule has 0 unspecified atom stereocenters. The third-order valence-corrected chi connectivity index (χ3v) is 2.95. The van der Waals surface area contributed by atoms with E-state index in [4.69, 9.17) is 9.84 Å². The summed E-state index contributed by atoms with van der Waals surface area (Å²) in [4.78, 5) is 22.9. The lowest BCUT2D eigenvalue weighted by atomic mass is 10.1. The van der Waals surface area contributed by atoms with Crippen molar-refractivity contribution in [3.63, 3.8) is 0 Å². The Labute approximate surface area is 127 Å². The number of hydrogen-bond acceptors (Lipinski definition) is 4. The van der Waals surface area contributed by atoms with Crippen molar-refractivity contribution in [3.05, 3.63) is 53.6 Å². The van der Waals surface area contributed by atoms with E-state index in [-0.39, 0.29) is 17.9 Å². The van der Waals surface area contributed by atoms with E-state index in [9.17, 15) is 14.7 Å². The molecule has 0 radical (unpaired) electrons. The largest absolute Gasteiger partial charge is 0.872 e. The molecule has 2 aromatic carbocycles. The molecule has 0 heterocycles. The normalized spacial score (nSPS) is 10.0. The number of hydrogen-bond donors (Lipinski definition) is 2. The average Bonchev–Trinajstić information content (AvgIpc) is 2.48. The molecule has 2 aromatic rings. The van der Waals surface area contributed by atoms with Gasteiger partial charge in [-0.05, 0) is 24.6 Å². The van der Waals surface area contributed by atoms with Crippen LogP contribution in [-0.2, 0) is 4.79 Å². The van der Waals surface area contributed by atoms with Crippen LogP contribution in [0.4, 0.5) is 5.69 Å². The van der Waals surface area contributed by atoms with Crippen molar-refractivity contribution >= 4 is 17.6 Å². The standard InChI is InChI=1S/C16H15NO5/c1-10-4-2-3-5-14(10)22-9-15(19)17-13-7-6-11(18)8-12(13)16(20)21/h2-8,18H,9H2,1H3,(H,17,19)(H,20,21)/p-1. The molecule has 2 N–H and O–H groups in total. The number of carboxylic acids is 1. The van der Waals surface area contributed by atoms with Crippen LogP contribution in [0.1, 0.15) is 15.9 Å². The highest BCUT2D eigenvalue weighted by Crippen LogP contribution is 2.20. The van der Waals surface area contributed by atoms with Crippen molar-refractivity contribution in [2.45, 2.75) is 6.92 Å². The van der Waals surface area contributed by atoms with Crippen LogP contribution in [-0.4, -0.2) is 23.6 Å². The van der Waals surface area contributed by atoms with E-state index in [1.54, 1.807) is 12.1 Å². The van der Waals surface area contributed by atoms with Gasteiger partial charge in [-0.15, -0.1) is 5.75 Å². The van der Waals surface area contributed by atoms with Crippen LogP contribution in [0.2, 0.25) is 0 Å².